The van der Waals surface area contributed by atoms with Crippen molar-refractivity contribution >= 4 is 33.8 Å². The van der Waals surface area contributed by atoms with Crippen LogP contribution < -0.4 is 11.1 Å². The van der Waals surface area contributed by atoms with E-state index >= 15 is 0 Å². The Morgan fingerprint density at radius 1 is 1.20 bits per heavy atom. The number of rotatable bonds is 1. The fourth-order valence-corrected chi connectivity index (χ4v) is 1.57. The standard InChI is InChI=1S/C11H10N2OS/c12-11(15)13-9-5-7-3-1-2-4-8(7)6-10(9)14/h1-6,14H,(H3,12,13,15). The Bertz CT molecular complexity index is 525. The van der Waals surface area contributed by atoms with Crippen LogP contribution in [0.15, 0.2) is 36.4 Å². The first-order valence-electron chi connectivity index (χ1n) is 4.45. The molecule has 2 aromatic rings. The van der Waals surface area contributed by atoms with E-state index in [1.807, 2.05) is 30.3 Å². The highest BCUT2D eigenvalue weighted by atomic mass is 32.1. The Morgan fingerprint density at radius 2 is 1.80 bits per heavy atom. The number of fused-ring (bicyclic) bond motifs is 1. The van der Waals surface area contributed by atoms with Gasteiger partial charge in [0.25, 0.3) is 0 Å². The molecule has 0 radical (unpaired) electrons. The van der Waals surface area contributed by atoms with E-state index in [0.717, 1.165) is 10.8 Å². The third-order valence-corrected chi connectivity index (χ3v) is 2.22. The number of thiocarbonyl (C=S) groups is 1. The van der Waals surface area contributed by atoms with Crippen molar-refractivity contribution in [3.8, 4) is 5.75 Å². The van der Waals surface area contributed by atoms with Crippen molar-refractivity contribution in [1.29, 1.82) is 0 Å². The lowest BCUT2D eigenvalue weighted by Gasteiger charge is -2.07. The average Bonchev–Trinajstić information content (AvgIpc) is 2.18. The molecule has 0 aliphatic heterocycles. The molecular formula is C11H10N2OS. The predicted molar refractivity (Wildman–Crippen MR) is 66.0 cm³/mol. The summed E-state index contributed by atoms with van der Waals surface area (Å²) in [5, 5.41) is 14.5. The third kappa shape index (κ3) is 1.99. The lowest BCUT2D eigenvalue weighted by molar-refractivity contribution is 0.478. The molecule has 0 aliphatic carbocycles. The Hall–Kier alpha value is -1.81. The number of aromatic hydroxyl groups is 1. The van der Waals surface area contributed by atoms with Crippen LogP contribution in [-0.2, 0) is 0 Å². The maximum atomic E-state index is 9.68. The molecule has 2 aromatic carbocycles. The molecule has 0 atom stereocenters. The van der Waals surface area contributed by atoms with Crippen LogP contribution in [0.3, 0.4) is 0 Å². The number of hydrogen-bond donors (Lipinski definition) is 3. The summed E-state index contributed by atoms with van der Waals surface area (Å²) in [5.41, 5.74) is 5.88. The summed E-state index contributed by atoms with van der Waals surface area (Å²) in [7, 11) is 0. The summed E-state index contributed by atoms with van der Waals surface area (Å²) in [6.45, 7) is 0. The summed E-state index contributed by atoms with van der Waals surface area (Å²) < 4.78 is 0. The van der Waals surface area contributed by atoms with Gasteiger partial charge >= 0.3 is 0 Å². The molecule has 0 aliphatic rings. The lowest BCUT2D eigenvalue weighted by Crippen LogP contribution is -2.18. The number of phenolic OH excluding ortho intramolecular Hbond substituents is 1. The van der Waals surface area contributed by atoms with Gasteiger partial charge in [-0.2, -0.15) is 0 Å². The molecule has 0 aromatic heterocycles. The minimum absolute atomic E-state index is 0.139. The van der Waals surface area contributed by atoms with Crippen molar-refractivity contribution in [2.24, 2.45) is 5.73 Å². The molecule has 3 nitrogen and oxygen atoms in total. The third-order valence-electron chi connectivity index (χ3n) is 2.12. The van der Waals surface area contributed by atoms with E-state index in [0.29, 0.717) is 5.69 Å². The number of hydrogen-bond acceptors (Lipinski definition) is 2. The van der Waals surface area contributed by atoms with Gasteiger partial charge in [0.1, 0.15) is 5.75 Å². The van der Waals surface area contributed by atoms with Gasteiger partial charge in [-0.1, -0.05) is 24.3 Å². The normalized spacial score (nSPS) is 10.1. The number of nitrogens with two attached hydrogens (primary N) is 1. The van der Waals surface area contributed by atoms with E-state index in [-0.39, 0.29) is 10.9 Å². The largest absolute Gasteiger partial charge is 0.506 e. The minimum Gasteiger partial charge on any atom is -0.506 e. The summed E-state index contributed by atoms with van der Waals surface area (Å²) in [6.07, 6.45) is 0. The zero-order chi connectivity index (χ0) is 10.8. The first-order valence-corrected chi connectivity index (χ1v) is 4.86. The summed E-state index contributed by atoms with van der Waals surface area (Å²) in [6, 6.07) is 11.2. The van der Waals surface area contributed by atoms with Crippen LogP contribution in [0.2, 0.25) is 0 Å². The maximum absolute atomic E-state index is 9.68. The fraction of sp³-hybridized carbons (Fsp3) is 0. The van der Waals surface area contributed by atoms with Gasteiger partial charge in [-0.3, -0.25) is 0 Å². The van der Waals surface area contributed by atoms with Gasteiger partial charge in [0.2, 0.25) is 0 Å². The van der Waals surface area contributed by atoms with Crippen LogP contribution in [0.5, 0.6) is 5.75 Å². The first kappa shape index (κ1) is 9.73. The van der Waals surface area contributed by atoms with Crippen molar-refractivity contribution in [3.63, 3.8) is 0 Å². The zero-order valence-electron chi connectivity index (χ0n) is 7.90. The van der Waals surface area contributed by atoms with Gasteiger partial charge in [-0.25, -0.2) is 0 Å². The number of nitrogens with one attached hydrogen (secondary N) is 1. The van der Waals surface area contributed by atoms with Gasteiger partial charge in [0, 0.05) is 0 Å². The zero-order valence-corrected chi connectivity index (χ0v) is 8.71. The van der Waals surface area contributed by atoms with Gasteiger partial charge in [0.05, 0.1) is 5.69 Å². The molecular weight excluding hydrogens is 208 g/mol. The van der Waals surface area contributed by atoms with Gasteiger partial charge in [-0.05, 0) is 35.1 Å². The molecule has 4 heteroatoms. The van der Waals surface area contributed by atoms with Crippen molar-refractivity contribution in [2.75, 3.05) is 5.32 Å². The van der Waals surface area contributed by atoms with Crippen molar-refractivity contribution in [3.05, 3.63) is 36.4 Å². The van der Waals surface area contributed by atoms with E-state index in [2.05, 4.69) is 5.32 Å². The average molecular weight is 218 g/mol. The van der Waals surface area contributed by atoms with Crippen molar-refractivity contribution < 1.29 is 5.11 Å². The molecule has 0 heterocycles. The molecule has 0 bridgehead atoms. The molecule has 0 saturated carbocycles. The highest BCUT2D eigenvalue weighted by Gasteiger charge is 2.03. The topological polar surface area (TPSA) is 58.3 Å². The fourth-order valence-electron chi connectivity index (χ4n) is 1.46. The SMILES string of the molecule is NC(=S)Nc1cc2ccccc2cc1O. The summed E-state index contributed by atoms with van der Waals surface area (Å²) >= 11 is 4.72. The van der Waals surface area contributed by atoms with Gasteiger partial charge in [-0.15, -0.1) is 0 Å². The molecule has 0 unspecified atom stereocenters. The van der Waals surface area contributed by atoms with E-state index in [9.17, 15) is 5.11 Å². The molecule has 15 heavy (non-hydrogen) atoms. The number of anilines is 1. The van der Waals surface area contributed by atoms with E-state index in [1.54, 1.807) is 6.07 Å². The van der Waals surface area contributed by atoms with Crippen LogP contribution in [-0.4, -0.2) is 10.2 Å². The predicted octanol–water partition coefficient (Wildman–Crippen LogP) is 2.20. The molecule has 0 saturated heterocycles. The van der Waals surface area contributed by atoms with Crippen LogP contribution in [0.4, 0.5) is 5.69 Å². The van der Waals surface area contributed by atoms with Crippen molar-refractivity contribution in [1.82, 2.24) is 0 Å². The molecule has 0 fully saturated rings. The van der Waals surface area contributed by atoms with E-state index in [1.165, 1.54) is 0 Å². The van der Waals surface area contributed by atoms with Crippen LogP contribution >= 0.6 is 12.2 Å². The highest BCUT2D eigenvalue weighted by molar-refractivity contribution is 7.80. The number of phenols is 1. The van der Waals surface area contributed by atoms with Gasteiger partial charge in [0.15, 0.2) is 5.11 Å². The minimum atomic E-state index is 0.139. The second kappa shape index (κ2) is 3.74. The summed E-state index contributed by atoms with van der Waals surface area (Å²) in [5.74, 6) is 0.140. The highest BCUT2D eigenvalue weighted by Crippen LogP contribution is 2.28. The Kier molecular flexibility index (Phi) is 2.43. The lowest BCUT2D eigenvalue weighted by atomic mass is 10.1. The van der Waals surface area contributed by atoms with E-state index in [4.69, 9.17) is 18.0 Å². The molecule has 2 rings (SSSR count). The van der Waals surface area contributed by atoms with Crippen LogP contribution in [0.1, 0.15) is 0 Å². The monoisotopic (exact) mass is 218 g/mol. The molecule has 0 spiro atoms. The first-order chi connectivity index (χ1) is 7.16. The van der Waals surface area contributed by atoms with Crippen LogP contribution in [0, 0.1) is 0 Å². The number of benzene rings is 2. The second-order valence-corrected chi connectivity index (χ2v) is 3.65. The Morgan fingerprint density at radius 3 is 2.40 bits per heavy atom. The van der Waals surface area contributed by atoms with Crippen LogP contribution in [0.25, 0.3) is 10.8 Å². The van der Waals surface area contributed by atoms with Crippen molar-refractivity contribution in [2.45, 2.75) is 0 Å². The molecule has 4 N–H and O–H groups in total. The Labute approximate surface area is 92.5 Å². The smallest absolute Gasteiger partial charge is 0.168 e. The molecule has 0 amide bonds. The maximum Gasteiger partial charge on any atom is 0.168 e. The second-order valence-electron chi connectivity index (χ2n) is 3.21. The Balaban J connectivity index is 2.56. The summed E-state index contributed by atoms with van der Waals surface area (Å²) in [4.78, 5) is 0. The van der Waals surface area contributed by atoms with E-state index < -0.39 is 0 Å². The van der Waals surface area contributed by atoms with Gasteiger partial charge < -0.3 is 16.2 Å². The molecule has 76 valence electrons. The quantitative estimate of drug-likeness (QED) is 0.507.